The number of carbonyl (C=O) groups excluding carboxylic acids is 2. The fraction of sp³-hybridized carbons (Fsp3) is 0.475. The molecule has 3 heterocycles. The van der Waals surface area contributed by atoms with E-state index in [0.717, 1.165) is 56.4 Å². The van der Waals surface area contributed by atoms with Crippen LogP contribution in [0.3, 0.4) is 0 Å². The highest BCUT2D eigenvalue weighted by atomic mass is 35.5. The molecule has 3 aromatic carbocycles. The minimum Gasteiger partial charge on any atom is -0.493 e. The van der Waals surface area contributed by atoms with Crippen molar-refractivity contribution in [2.75, 3.05) is 86.8 Å². The minimum atomic E-state index is -0.861. The van der Waals surface area contributed by atoms with Gasteiger partial charge in [-0.3, -0.25) is 14.5 Å². The zero-order chi connectivity index (χ0) is 38.5. The minimum absolute atomic E-state index is 0.0208. The predicted octanol–water partition coefficient (Wildman–Crippen LogP) is 5.60. The summed E-state index contributed by atoms with van der Waals surface area (Å²) in [5.74, 6) is 0.278. The number of carboxylic acids is 1. The lowest BCUT2D eigenvalue weighted by Gasteiger charge is -2.45. The van der Waals surface area contributed by atoms with Crippen molar-refractivity contribution >= 4 is 41.1 Å². The number of likely N-dealkylation sites (tertiary alicyclic amines) is 2. The van der Waals surface area contributed by atoms with Crippen LogP contribution in [0.5, 0.6) is 17.2 Å². The van der Waals surface area contributed by atoms with E-state index in [9.17, 15) is 19.5 Å². The van der Waals surface area contributed by atoms with E-state index in [4.69, 9.17) is 37.4 Å². The van der Waals surface area contributed by atoms with E-state index in [1.807, 2.05) is 46.2 Å². The first-order valence-corrected chi connectivity index (χ1v) is 19.1. The van der Waals surface area contributed by atoms with E-state index in [0.29, 0.717) is 72.1 Å². The number of nitrogens with one attached hydrogen (secondary N) is 1. The Kier molecular flexibility index (Phi) is 12.5. The van der Waals surface area contributed by atoms with Crippen LogP contribution in [0.1, 0.15) is 47.2 Å². The van der Waals surface area contributed by atoms with Crippen molar-refractivity contribution in [1.29, 1.82) is 0 Å². The number of urea groups is 1. The average molecular weight is 783 g/mol. The molecule has 0 aromatic heterocycles. The summed E-state index contributed by atoms with van der Waals surface area (Å²) in [6.07, 6.45) is 2.99. The fourth-order valence-corrected chi connectivity index (χ4v) is 8.50. The molecule has 6 rings (SSSR count). The third kappa shape index (κ3) is 8.52. The number of hydrogen-bond acceptors (Lipinski definition) is 8. The lowest BCUT2D eigenvalue weighted by atomic mass is 9.76. The number of nitrogens with zero attached hydrogens (tertiary/aromatic N) is 4. The topological polar surface area (TPSA) is 124 Å². The van der Waals surface area contributed by atoms with Crippen LogP contribution in [0, 0.1) is 0 Å². The van der Waals surface area contributed by atoms with Gasteiger partial charge < -0.3 is 39.3 Å². The molecule has 0 bridgehead atoms. The summed E-state index contributed by atoms with van der Waals surface area (Å²) in [7, 11) is 4.59. The summed E-state index contributed by atoms with van der Waals surface area (Å²) >= 11 is 12.9. The van der Waals surface area contributed by atoms with Gasteiger partial charge in [-0.1, -0.05) is 59.6 Å². The zero-order valence-corrected chi connectivity index (χ0v) is 32.6. The number of ether oxygens (including phenoxy) is 3. The van der Waals surface area contributed by atoms with E-state index in [2.05, 4.69) is 22.3 Å². The van der Waals surface area contributed by atoms with Gasteiger partial charge in [0.15, 0.2) is 11.5 Å². The van der Waals surface area contributed by atoms with Gasteiger partial charge in [0.2, 0.25) is 5.75 Å². The number of piperazine rings is 1. The molecule has 12 nitrogen and oxygen atoms in total. The summed E-state index contributed by atoms with van der Waals surface area (Å²) in [5.41, 5.74) is 1.67. The molecule has 3 saturated heterocycles. The Labute approximate surface area is 326 Å². The van der Waals surface area contributed by atoms with Crippen LogP contribution in [-0.2, 0) is 15.7 Å². The lowest BCUT2D eigenvalue weighted by Crippen LogP contribution is -2.59. The van der Waals surface area contributed by atoms with E-state index < -0.39 is 11.5 Å². The summed E-state index contributed by atoms with van der Waals surface area (Å²) in [4.78, 5) is 46.9. The molecule has 0 spiro atoms. The van der Waals surface area contributed by atoms with E-state index in [1.165, 1.54) is 21.3 Å². The first-order chi connectivity index (χ1) is 26.0. The molecule has 3 aliphatic heterocycles. The second kappa shape index (κ2) is 17.1. The molecule has 1 atom stereocenters. The molecule has 14 heteroatoms. The molecular weight excluding hydrogens is 733 g/mol. The summed E-state index contributed by atoms with van der Waals surface area (Å²) < 4.78 is 16.5. The maximum atomic E-state index is 14.0. The van der Waals surface area contributed by atoms with Crippen LogP contribution in [-0.4, -0.2) is 129 Å². The van der Waals surface area contributed by atoms with Crippen molar-refractivity contribution in [2.45, 2.75) is 36.6 Å². The van der Waals surface area contributed by atoms with E-state index in [-0.39, 0.29) is 23.9 Å². The number of methoxy groups -OCH3 is 3. The van der Waals surface area contributed by atoms with Gasteiger partial charge in [-0.2, -0.15) is 0 Å². The number of piperidine rings is 1. The number of rotatable bonds is 12. The van der Waals surface area contributed by atoms with Crippen molar-refractivity contribution in [3.8, 4) is 17.2 Å². The van der Waals surface area contributed by atoms with Crippen molar-refractivity contribution in [1.82, 2.24) is 24.9 Å². The Balaban J connectivity index is 1.16. The third-order valence-electron chi connectivity index (χ3n) is 11.4. The van der Waals surface area contributed by atoms with Crippen molar-refractivity contribution in [3.63, 3.8) is 0 Å². The van der Waals surface area contributed by atoms with Gasteiger partial charge >= 0.3 is 12.0 Å². The Bertz CT molecular complexity index is 1790. The smallest absolute Gasteiger partial charge is 0.318 e. The van der Waals surface area contributed by atoms with Crippen LogP contribution < -0.4 is 19.5 Å². The molecule has 3 aromatic rings. The van der Waals surface area contributed by atoms with Gasteiger partial charge in [0.25, 0.3) is 5.91 Å². The van der Waals surface area contributed by atoms with Crippen LogP contribution >= 0.6 is 23.2 Å². The second-order valence-corrected chi connectivity index (χ2v) is 15.2. The molecule has 3 aliphatic rings. The van der Waals surface area contributed by atoms with Crippen molar-refractivity contribution in [2.24, 2.45) is 0 Å². The summed E-state index contributed by atoms with van der Waals surface area (Å²) in [5, 5.41) is 13.6. The number of carboxylic acid groups (broad SMARTS) is 1. The fourth-order valence-electron chi connectivity index (χ4n) is 8.20. The largest absolute Gasteiger partial charge is 0.493 e. The third-order valence-corrected chi connectivity index (χ3v) is 12.1. The highest BCUT2D eigenvalue weighted by Gasteiger charge is 2.44. The molecular formula is C40H49Cl2N5O7. The molecule has 2 N–H and O–H groups in total. The molecule has 0 radical (unpaired) electrons. The normalized spacial score (nSPS) is 20.4. The van der Waals surface area contributed by atoms with E-state index >= 15 is 0 Å². The first-order valence-electron chi connectivity index (χ1n) is 18.3. The van der Waals surface area contributed by atoms with Crippen LogP contribution in [0.2, 0.25) is 10.0 Å². The molecule has 54 heavy (non-hydrogen) atoms. The van der Waals surface area contributed by atoms with E-state index in [1.54, 1.807) is 17.0 Å². The number of aliphatic carboxylic acids is 1. The van der Waals surface area contributed by atoms with Crippen molar-refractivity contribution < 1.29 is 33.7 Å². The number of benzene rings is 3. The van der Waals surface area contributed by atoms with Crippen LogP contribution in [0.15, 0.2) is 60.7 Å². The van der Waals surface area contributed by atoms with Crippen LogP contribution in [0.4, 0.5) is 4.79 Å². The molecule has 0 saturated carbocycles. The van der Waals surface area contributed by atoms with Gasteiger partial charge in [0, 0.05) is 63.3 Å². The maximum absolute atomic E-state index is 14.0. The van der Waals surface area contributed by atoms with Gasteiger partial charge in [0.1, 0.15) is 0 Å². The zero-order valence-electron chi connectivity index (χ0n) is 31.1. The van der Waals surface area contributed by atoms with Gasteiger partial charge in [-0.05, 0) is 67.6 Å². The SMILES string of the molecule is COc1cc(C(=O)N2CCC(CCN3CCC(NC(=O)N4CCN(CC(=O)O)CC4)(c4ccccc4)CC3)(c3ccc(Cl)c(Cl)c3)C2)cc(OC)c1OC. The number of carbonyl (C=O) groups is 3. The summed E-state index contributed by atoms with van der Waals surface area (Å²) in [6, 6.07) is 19.2. The standard InChI is InChI=1S/C40H49Cl2N5O7/c1-52-33-23-28(24-34(53-2)36(33)54-3)37(50)47-18-12-39(27-47,30-9-10-31(41)32(42)25-30)11-15-44-16-13-40(14-17-44,29-7-5-4-6-8-29)43-38(51)46-21-19-45(20-22-46)26-35(48)49/h4-10,23-25H,11-22,26-27H2,1-3H3,(H,43,51)(H,48,49). The summed E-state index contributed by atoms with van der Waals surface area (Å²) in [6.45, 7) is 5.37. The Morgan fingerprint density at radius 3 is 2.00 bits per heavy atom. The maximum Gasteiger partial charge on any atom is 0.318 e. The number of amides is 3. The average Bonchev–Trinajstić information content (AvgIpc) is 3.63. The predicted molar refractivity (Wildman–Crippen MR) is 207 cm³/mol. The molecule has 3 amide bonds. The molecule has 3 fully saturated rings. The molecule has 290 valence electrons. The highest BCUT2D eigenvalue weighted by molar-refractivity contribution is 6.42. The van der Waals surface area contributed by atoms with Crippen LogP contribution in [0.25, 0.3) is 0 Å². The number of halogens is 2. The Morgan fingerprint density at radius 2 is 1.41 bits per heavy atom. The highest BCUT2D eigenvalue weighted by Crippen LogP contribution is 2.43. The first kappa shape index (κ1) is 39.5. The second-order valence-electron chi connectivity index (χ2n) is 14.4. The van der Waals surface area contributed by atoms with Gasteiger partial charge in [-0.25, -0.2) is 4.79 Å². The molecule has 1 unspecified atom stereocenters. The van der Waals surface area contributed by atoms with Gasteiger partial charge in [-0.15, -0.1) is 0 Å². The quantitative estimate of drug-likeness (QED) is 0.242. The van der Waals surface area contributed by atoms with Crippen molar-refractivity contribution in [3.05, 3.63) is 87.4 Å². The monoisotopic (exact) mass is 781 g/mol. The Morgan fingerprint density at radius 1 is 0.741 bits per heavy atom. The van der Waals surface area contributed by atoms with Gasteiger partial charge in [0.05, 0.1) is 43.5 Å². The molecule has 0 aliphatic carbocycles. The lowest BCUT2D eigenvalue weighted by molar-refractivity contribution is -0.138. The number of hydrogen-bond donors (Lipinski definition) is 2. The Hall–Kier alpha value is -4.23.